The van der Waals surface area contributed by atoms with Crippen LogP contribution in [0, 0.1) is 0 Å². The number of carbonyl (C=O) groups excluding carboxylic acids is 3. The molecule has 4 bridgehead atoms. The molecule has 0 unspecified atom stereocenters. The van der Waals surface area contributed by atoms with Crippen LogP contribution < -0.4 is 16.8 Å². The number of benzene rings is 2. The van der Waals surface area contributed by atoms with Gasteiger partial charge in [0.25, 0.3) is 0 Å². The predicted octanol–water partition coefficient (Wildman–Crippen LogP) is 1.36. The number of aromatic hydroxyl groups is 1. The molecule has 1 aliphatic rings. The fourth-order valence-electron chi connectivity index (χ4n) is 4.15. The molecule has 10 heteroatoms. The van der Waals surface area contributed by atoms with Crippen LogP contribution in [0.2, 0.25) is 5.02 Å². The van der Waals surface area contributed by atoms with Crippen LogP contribution in [-0.2, 0) is 32.0 Å². The molecule has 35 heavy (non-hydrogen) atoms. The van der Waals surface area contributed by atoms with Gasteiger partial charge in [-0.25, -0.2) is 4.79 Å². The van der Waals surface area contributed by atoms with Crippen molar-refractivity contribution in [3.63, 3.8) is 0 Å². The molecule has 6 N–H and O–H groups in total. The van der Waals surface area contributed by atoms with Crippen molar-refractivity contribution < 1.29 is 24.2 Å². The lowest BCUT2D eigenvalue weighted by Crippen LogP contribution is -2.55. The third-order valence-corrected chi connectivity index (χ3v) is 6.62. The van der Waals surface area contributed by atoms with E-state index in [1.54, 1.807) is 24.3 Å². The van der Waals surface area contributed by atoms with Gasteiger partial charge in [0.05, 0.1) is 13.2 Å². The van der Waals surface area contributed by atoms with E-state index < -0.39 is 35.9 Å². The summed E-state index contributed by atoms with van der Waals surface area (Å²) in [6.45, 7) is 0.318. The van der Waals surface area contributed by atoms with E-state index in [2.05, 4.69) is 5.32 Å². The number of hydrogen-bond donors (Lipinski definition) is 4. The van der Waals surface area contributed by atoms with Gasteiger partial charge >= 0.3 is 5.97 Å². The standard InChI is InChI=1S/C25H31ClN4O5/c1-30-21(25(34)35-2)13-16-10-14(5-7-18(16)26)15-6-8-22(31)17(11-15)12-19(28)23(32)29-20(24(30)33)4-3-9-27/h5-8,10-11,19-21,31H,3-4,9,12-13,27-28H2,1-2H3,(H,29,32)/t19-,20-,21-/m0/s1. The zero-order valence-corrected chi connectivity index (χ0v) is 20.5. The zero-order valence-electron chi connectivity index (χ0n) is 19.8. The lowest BCUT2D eigenvalue weighted by atomic mass is 9.96. The average Bonchev–Trinajstić information content (AvgIpc) is 2.85. The number of phenols is 1. The number of likely N-dealkylation sites (N-methyl/N-ethyl adjacent to an activating group) is 1. The van der Waals surface area contributed by atoms with Crippen LogP contribution in [0.15, 0.2) is 36.4 Å². The van der Waals surface area contributed by atoms with E-state index in [0.29, 0.717) is 29.1 Å². The molecule has 2 amide bonds. The quantitative estimate of drug-likeness (QED) is 0.461. The molecule has 0 saturated heterocycles. The Balaban J connectivity index is 2.14. The molecule has 0 aromatic heterocycles. The number of carbonyl (C=O) groups is 3. The van der Waals surface area contributed by atoms with Crippen molar-refractivity contribution in [1.82, 2.24) is 10.2 Å². The highest BCUT2D eigenvalue weighted by molar-refractivity contribution is 6.31. The fraction of sp³-hybridized carbons (Fsp3) is 0.400. The van der Waals surface area contributed by atoms with Crippen LogP contribution in [0.3, 0.4) is 0 Å². The Morgan fingerprint density at radius 2 is 1.83 bits per heavy atom. The monoisotopic (exact) mass is 502 g/mol. The highest BCUT2D eigenvalue weighted by Crippen LogP contribution is 2.31. The molecule has 1 heterocycles. The largest absolute Gasteiger partial charge is 0.508 e. The number of fused-ring (bicyclic) bond motifs is 5. The van der Waals surface area contributed by atoms with Gasteiger partial charge in [-0.1, -0.05) is 23.7 Å². The average molecular weight is 503 g/mol. The molecule has 1 aliphatic heterocycles. The van der Waals surface area contributed by atoms with Gasteiger partial charge in [0.1, 0.15) is 17.8 Å². The topological polar surface area (TPSA) is 148 Å². The maximum absolute atomic E-state index is 13.4. The van der Waals surface area contributed by atoms with Gasteiger partial charge < -0.3 is 31.5 Å². The van der Waals surface area contributed by atoms with Crippen molar-refractivity contribution >= 4 is 29.4 Å². The summed E-state index contributed by atoms with van der Waals surface area (Å²) < 4.78 is 4.98. The molecule has 0 fully saturated rings. The van der Waals surface area contributed by atoms with E-state index in [1.807, 2.05) is 12.1 Å². The normalized spacial score (nSPS) is 21.1. The van der Waals surface area contributed by atoms with Gasteiger partial charge in [0.2, 0.25) is 11.8 Å². The van der Waals surface area contributed by atoms with Crippen LogP contribution in [0.4, 0.5) is 0 Å². The van der Waals surface area contributed by atoms with Crippen molar-refractivity contribution in [2.24, 2.45) is 11.5 Å². The molecule has 2 aromatic rings. The van der Waals surface area contributed by atoms with Crippen molar-refractivity contribution in [2.75, 3.05) is 20.7 Å². The molecule has 3 rings (SSSR count). The molecule has 188 valence electrons. The molecule has 0 aliphatic carbocycles. The first-order valence-corrected chi connectivity index (χ1v) is 11.7. The number of halogens is 1. The smallest absolute Gasteiger partial charge is 0.328 e. The number of nitrogens with zero attached hydrogens (tertiary/aromatic N) is 1. The Morgan fingerprint density at radius 1 is 1.17 bits per heavy atom. The number of ether oxygens (including phenoxy) is 1. The third-order valence-electron chi connectivity index (χ3n) is 6.25. The lowest BCUT2D eigenvalue weighted by Gasteiger charge is -2.30. The second kappa shape index (κ2) is 11.5. The minimum absolute atomic E-state index is 0.0109. The van der Waals surface area contributed by atoms with Crippen molar-refractivity contribution in [1.29, 1.82) is 0 Å². The Labute approximate surface area is 209 Å². The minimum Gasteiger partial charge on any atom is -0.508 e. The van der Waals surface area contributed by atoms with Gasteiger partial charge in [0, 0.05) is 24.9 Å². The van der Waals surface area contributed by atoms with E-state index in [9.17, 15) is 19.5 Å². The predicted molar refractivity (Wildman–Crippen MR) is 133 cm³/mol. The van der Waals surface area contributed by atoms with Crippen molar-refractivity contribution in [2.45, 2.75) is 43.8 Å². The molecule has 3 atom stereocenters. The van der Waals surface area contributed by atoms with Gasteiger partial charge in [-0.15, -0.1) is 0 Å². The first-order valence-electron chi connectivity index (χ1n) is 11.4. The number of rotatable bonds is 4. The van der Waals surface area contributed by atoms with Gasteiger partial charge in [0.15, 0.2) is 0 Å². The Bertz CT molecular complexity index is 1110. The first-order chi connectivity index (χ1) is 16.7. The number of esters is 1. The fourth-order valence-corrected chi connectivity index (χ4v) is 4.34. The maximum atomic E-state index is 13.4. The Morgan fingerprint density at radius 3 is 2.49 bits per heavy atom. The zero-order chi connectivity index (χ0) is 25.7. The number of methoxy groups -OCH3 is 1. The van der Waals surface area contributed by atoms with E-state index in [-0.39, 0.29) is 25.0 Å². The van der Waals surface area contributed by atoms with Gasteiger partial charge in [-0.2, -0.15) is 0 Å². The Kier molecular flexibility index (Phi) is 8.71. The molecule has 2 aromatic carbocycles. The van der Waals surface area contributed by atoms with Crippen LogP contribution in [0.5, 0.6) is 5.75 Å². The van der Waals surface area contributed by atoms with E-state index in [0.717, 1.165) is 11.1 Å². The van der Waals surface area contributed by atoms with Crippen LogP contribution in [0.25, 0.3) is 11.1 Å². The van der Waals surface area contributed by atoms with E-state index >= 15 is 0 Å². The molecule has 9 nitrogen and oxygen atoms in total. The molecule has 0 spiro atoms. The summed E-state index contributed by atoms with van der Waals surface area (Å²) >= 11 is 6.47. The summed E-state index contributed by atoms with van der Waals surface area (Å²) in [4.78, 5) is 40.4. The second-order valence-electron chi connectivity index (χ2n) is 8.64. The summed E-state index contributed by atoms with van der Waals surface area (Å²) in [6.07, 6.45) is 0.899. The van der Waals surface area contributed by atoms with Crippen molar-refractivity contribution in [3.05, 3.63) is 52.5 Å². The molecular weight excluding hydrogens is 472 g/mol. The molecular formula is C25H31ClN4O5. The molecule has 0 saturated carbocycles. The third kappa shape index (κ3) is 6.11. The summed E-state index contributed by atoms with van der Waals surface area (Å²) in [5, 5.41) is 13.5. The highest BCUT2D eigenvalue weighted by atomic mass is 35.5. The summed E-state index contributed by atoms with van der Waals surface area (Å²) in [7, 11) is 2.74. The van der Waals surface area contributed by atoms with Gasteiger partial charge in [-0.3, -0.25) is 9.59 Å². The summed E-state index contributed by atoms with van der Waals surface area (Å²) in [6, 6.07) is 7.47. The first kappa shape index (κ1) is 26.5. The Hall–Kier alpha value is -3.14. The summed E-state index contributed by atoms with van der Waals surface area (Å²) in [5.74, 6) is -1.62. The SMILES string of the molecule is COC(=O)[C@@H]1Cc2cc(ccc2Cl)-c2ccc(O)c(c2)C[C@H](N)C(=O)N[C@@H](CCCN)C(=O)N1C. The molecule has 0 radical (unpaired) electrons. The lowest BCUT2D eigenvalue weighted by molar-refractivity contribution is -0.152. The number of phenolic OH excluding ortho intramolecular Hbond substituents is 1. The van der Waals surface area contributed by atoms with Crippen LogP contribution in [-0.4, -0.2) is 66.6 Å². The summed E-state index contributed by atoms with van der Waals surface area (Å²) in [5.41, 5.74) is 14.5. The number of amides is 2. The van der Waals surface area contributed by atoms with Crippen LogP contribution >= 0.6 is 11.6 Å². The second-order valence-corrected chi connectivity index (χ2v) is 9.05. The highest BCUT2D eigenvalue weighted by Gasteiger charge is 2.34. The minimum atomic E-state index is -1.02. The number of hydrogen-bond acceptors (Lipinski definition) is 7. The van der Waals surface area contributed by atoms with Gasteiger partial charge in [-0.05, 0) is 65.9 Å². The van der Waals surface area contributed by atoms with E-state index in [4.69, 9.17) is 27.8 Å². The number of nitrogens with two attached hydrogens (primary N) is 2. The number of nitrogens with one attached hydrogen (secondary N) is 1. The maximum Gasteiger partial charge on any atom is 0.328 e. The van der Waals surface area contributed by atoms with E-state index in [1.165, 1.54) is 19.1 Å². The van der Waals surface area contributed by atoms with Crippen molar-refractivity contribution in [3.8, 4) is 16.9 Å². The van der Waals surface area contributed by atoms with Crippen LogP contribution in [0.1, 0.15) is 24.0 Å².